The van der Waals surface area contributed by atoms with Gasteiger partial charge in [0.05, 0.1) is 11.2 Å². The molecule has 5 atom stereocenters. The van der Waals surface area contributed by atoms with Gasteiger partial charge in [0, 0.05) is 29.1 Å². The van der Waals surface area contributed by atoms with Crippen LogP contribution in [0.4, 0.5) is 0 Å². The van der Waals surface area contributed by atoms with E-state index in [1.807, 2.05) is 6.20 Å². The normalized spacial score (nSPS) is 39.9. The van der Waals surface area contributed by atoms with Crippen molar-refractivity contribution in [2.75, 3.05) is 14.1 Å². The van der Waals surface area contributed by atoms with Crippen LogP contribution >= 0.6 is 0 Å². The summed E-state index contributed by atoms with van der Waals surface area (Å²) in [6, 6.07) is 9.73. The Morgan fingerprint density at radius 2 is 2.03 bits per heavy atom. The van der Waals surface area contributed by atoms with Crippen LogP contribution in [-0.4, -0.2) is 41.2 Å². The monoisotopic (exact) mass is 426 g/mol. The van der Waals surface area contributed by atoms with Crippen LogP contribution in [-0.2, 0) is 4.74 Å². The summed E-state index contributed by atoms with van der Waals surface area (Å²) in [6.07, 6.45) is 17.9. The number of nitrogens with zero attached hydrogens (tertiary/aromatic N) is 1. The molecule has 2 aromatic rings. The first-order chi connectivity index (χ1) is 15.4. The minimum absolute atomic E-state index is 0.0192. The highest BCUT2D eigenvalue weighted by atomic mass is 16.5. The first-order valence-electron chi connectivity index (χ1n) is 12.5. The lowest BCUT2D eigenvalue weighted by molar-refractivity contribution is -0.134. The number of hydrogen-bond donors (Lipinski definition) is 1. The van der Waals surface area contributed by atoms with Crippen molar-refractivity contribution in [3.05, 3.63) is 65.4 Å². The fourth-order valence-corrected chi connectivity index (χ4v) is 8.07. The molecule has 5 aliphatic rings. The van der Waals surface area contributed by atoms with E-state index in [4.69, 9.17) is 4.74 Å². The van der Waals surface area contributed by atoms with Gasteiger partial charge in [-0.2, -0.15) is 0 Å². The minimum Gasteiger partial charge on any atom is -0.361 e. The van der Waals surface area contributed by atoms with Crippen molar-refractivity contribution in [3.8, 4) is 0 Å². The second-order valence-electron chi connectivity index (χ2n) is 11.5. The van der Waals surface area contributed by atoms with Crippen molar-refractivity contribution < 1.29 is 4.74 Å². The SMILES string of the molecule is CN(C)[C@H]1CCC2=CC3=CC[C@]4(C)C(c5ccc6cc[nH]c6c5)=CC[C@H]4[C@@]34CCC2(C1)O4. The Morgan fingerprint density at radius 1 is 1.12 bits per heavy atom. The number of aromatic nitrogens is 1. The first kappa shape index (κ1) is 19.4. The van der Waals surface area contributed by atoms with E-state index in [-0.39, 0.29) is 16.6 Å². The maximum Gasteiger partial charge on any atom is 0.0980 e. The number of ether oxygens (including phenoxy) is 1. The lowest BCUT2D eigenvalue weighted by atomic mass is 9.58. The Morgan fingerprint density at radius 3 is 2.91 bits per heavy atom. The topological polar surface area (TPSA) is 28.3 Å². The van der Waals surface area contributed by atoms with Crippen molar-refractivity contribution in [2.24, 2.45) is 11.3 Å². The van der Waals surface area contributed by atoms with Crippen LogP contribution in [0.15, 0.2) is 59.8 Å². The molecule has 2 fully saturated rings. The summed E-state index contributed by atoms with van der Waals surface area (Å²) in [4.78, 5) is 5.83. The zero-order valence-corrected chi connectivity index (χ0v) is 19.6. The van der Waals surface area contributed by atoms with E-state index in [1.54, 1.807) is 5.57 Å². The molecule has 1 saturated heterocycles. The Bertz CT molecular complexity index is 1210. The maximum absolute atomic E-state index is 7.38. The predicted octanol–water partition coefficient (Wildman–Crippen LogP) is 6.25. The van der Waals surface area contributed by atoms with Gasteiger partial charge in [-0.05, 0) is 98.8 Å². The summed E-state index contributed by atoms with van der Waals surface area (Å²) in [7, 11) is 4.47. The third-order valence-electron chi connectivity index (χ3n) is 9.84. The zero-order chi connectivity index (χ0) is 21.7. The number of hydrogen-bond acceptors (Lipinski definition) is 2. The fourth-order valence-electron chi connectivity index (χ4n) is 8.07. The highest BCUT2D eigenvalue weighted by Crippen LogP contribution is 2.67. The van der Waals surface area contributed by atoms with E-state index >= 15 is 0 Å². The smallest absolute Gasteiger partial charge is 0.0980 e. The first-order valence-corrected chi connectivity index (χ1v) is 12.5. The lowest BCUT2D eigenvalue weighted by Crippen LogP contribution is -2.54. The summed E-state index contributed by atoms with van der Waals surface area (Å²) in [5.74, 6) is 0.529. The Hall–Kier alpha value is -2.10. The van der Waals surface area contributed by atoms with Gasteiger partial charge in [0.25, 0.3) is 0 Å². The molecule has 32 heavy (non-hydrogen) atoms. The molecule has 1 aromatic carbocycles. The predicted molar refractivity (Wildman–Crippen MR) is 130 cm³/mol. The van der Waals surface area contributed by atoms with E-state index in [2.05, 4.69) is 73.4 Å². The molecule has 3 nitrogen and oxygen atoms in total. The number of aromatic amines is 1. The van der Waals surface area contributed by atoms with Crippen molar-refractivity contribution in [1.29, 1.82) is 0 Å². The van der Waals surface area contributed by atoms with Crippen LogP contribution in [0, 0.1) is 11.3 Å². The second-order valence-corrected chi connectivity index (χ2v) is 11.5. The molecule has 7 rings (SSSR count). The largest absolute Gasteiger partial charge is 0.361 e. The molecule has 0 amide bonds. The van der Waals surface area contributed by atoms with E-state index < -0.39 is 0 Å². The fraction of sp³-hybridized carbons (Fsp3) is 0.517. The molecular formula is C29H34N2O. The third-order valence-corrected chi connectivity index (χ3v) is 9.84. The lowest BCUT2D eigenvalue weighted by Gasteiger charge is -2.54. The summed E-state index contributed by atoms with van der Waals surface area (Å²) < 4.78 is 7.38. The van der Waals surface area contributed by atoms with Gasteiger partial charge >= 0.3 is 0 Å². The van der Waals surface area contributed by atoms with Crippen LogP contribution in [0.1, 0.15) is 57.4 Å². The molecule has 1 N–H and O–H groups in total. The van der Waals surface area contributed by atoms with Crippen molar-refractivity contribution in [1.82, 2.24) is 9.88 Å². The van der Waals surface area contributed by atoms with Gasteiger partial charge in [-0.25, -0.2) is 0 Å². The van der Waals surface area contributed by atoms with Crippen molar-refractivity contribution in [2.45, 2.75) is 69.1 Å². The maximum atomic E-state index is 7.38. The highest BCUT2D eigenvalue weighted by molar-refractivity contribution is 5.85. The van der Waals surface area contributed by atoms with Gasteiger partial charge in [-0.1, -0.05) is 37.3 Å². The number of H-pyrrole nitrogens is 1. The molecule has 1 unspecified atom stereocenters. The summed E-state index contributed by atoms with van der Waals surface area (Å²) >= 11 is 0. The van der Waals surface area contributed by atoms with Gasteiger partial charge in [0.15, 0.2) is 0 Å². The Balaban J connectivity index is 1.29. The van der Waals surface area contributed by atoms with Crippen LogP contribution < -0.4 is 0 Å². The molecule has 1 saturated carbocycles. The minimum atomic E-state index is -0.0977. The summed E-state index contributed by atoms with van der Waals surface area (Å²) in [5, 5.41) is 1.29. The van der Waals surface area contributed by atoms with E-state index in [9.17, 15) is 0 Å². The molecule has 1 aromatic heterocycles. The van der Waals surface area contributed by atoms with E-state index in [0.717, 1.165) is 19.3 Å². The van der Waals surface area contributed by atoms with Crippen LogP contribution in [0.25, 0.3) is 16.5 Å². The molecule has 2 spiro atoms. The number of benzene rings is 1. The van der Waals surface area contributed by atoms with Gasteiger partial charge in [0.2, 0.25) is 0 Å². The second kappa shape index (κ2) is 6.27. The van der Waals surface area contributed by atoms with Crippen LogP contribution in [0.2, 0.25) is 0 Å². The van der Waals surface area contributed by atoms with Gasteiger partial charge in [0.1, 0.15) is 0 Å². The summed E-state index contributed by atoms with van der Waals surface area (Å²) in [5.41, 5.74) is 7.24. The molecule has 3 heterocycles. The number of fused-ring (bicyclic) bond motifs is 2. The molecular weight excluding hydrogens is 392 g/mol. The van der Waals surface area contributed by atoms with Crippen LogP contribution in [0.5, 0.6) is 0 Å². The number of allylic oxidation sites excluding steroid dienone is 3. The zero-order valence-electron chi connectivity index (χ0n) is 19.6. The molecule has 2 aliphatic heterocycles. The quantitative estimate of drug-likeness (QED) is 0.615. The van der Waals surface area contributed by atoms with Gasteiger partial charge in [-0.15, -0.1) is 0 Å². The Kier molecular flexibility index (Phi) is 3.80. The number of rotatable bonds is 2. The average Bonchev–Trinajstić information content (AvgIpc) is 3.47. The van der Waals surface area contributed by atoms with E-state index in [1.165, 1.54) is 53.3 Å². The van der Waals surface area contributed by atoms with E-state index in [0.29, 0.717) is 12.0 Å². The molecule has 0 radical (unpaired) electrons. The molecule has 2 bridgehead atoms. The van der Waals surface area contributed by atoms with Gasteiger partial charge in [-0.3, -0.25) is 0 Å². The Labute approximate surface area is 191 Å². The van der Waals surface area contributed by atoms with Gasteiger partial charge < -0.3 is 14.6 Å². The van der Waals surface area contributed by atoms with Crippen LogP contribution in [0.3, 0.4) is 0 Å². The highest BCUT2D eigenvalue weighted by Gasteiger charge is 2.65. The number of nitrogens with one attached hydrogen (secondary N) is 1. The third kappa shape index (κ3) is 2.34. The van der Waals surface area contributed by atoms with Crippen molar-refractivity contribution in [3.63, 3.8) is 0 Å². The summed E-state index contributed by atoms with van der Waals surface area (Å²) in [6.45, 7) is 2.51. The molecule has 3 aliphatic carbocycles. The average molecular weight is 427 g/mol. The molecule has 3 heteroatoms. The van der Waals surface area contributed by atoms with Crippen molar-refractivity contribution >= 4 is 16.5 Å². The molecule has 166 valence electrons. The standard InChI is InChI=1S/C29H34N2O/c1-27-12-10-22-17-21-6-7-23(31(2)3)18-28(21)13-14-29(22,32-28)26(27)9-8-24(27)20-5-4-19-11-15-30-25(19)16-20/h4-5,8,10-11,15-17,23,26,30H,6-7,9,12-14,18H2,1-3H3/t23-,26+,27+,28?,29+/m0/s1.